The zero-order valence-electron chi connectivity index (χ0n) is 13.5. The summed E-state index contributed by atoms with van der Waals surface area (Å²) in [6.07, 6.45) is 13.0. The standard InChI is InChI=1S/C17H35NO/c1-4-5-6-7-8-9-10-11-13-17(19)14-12-15-18-16(2)3/h16,18H,4-15H2,1-3H3. The molecule has 0 saturated heterocycles. The minimum absolute atomic E-state index is 0.455. The predicted octanol–water partition coefficient (Wildman–Crippen LogP) is 4.86. The van der Waals surface area contributed by atoms with E-state index in [2.05, 4.69) is 26.1 Å². The van der Waals surface area contributed by atoms with Crippen molar-refractivity contribution in [1.82, 2.24) is 5.32 Å². The molecule has 0 aliphatic rings. The Kier molecular flexibility index (Phi) is 13.8. The second-order valence-corrected chi connectivity index (χ2v) is 5.98. The molecule has 0 rings (SSSR count). The van der Waals surface area contributed by atoms with Crippen molar-refractivity contribution in [2.75, 3.05) is 6.54 Å². The average Bonchev–Trinajstić information content (AvgIpc) is 2.37. The summed E-state index contributed by atoms with van der Waals surface area (Å²) < 4.78 is 0. The highest BCUT2D eigenvalue weighted by Gasteiger charge is 2.02. The molecule has 0 aliphatic heterocycles. The number of hydrogen-bond donors (Lipinski definition) is 1. The highest BCUT2D eigenvalue weighted by Crippen LogP contribution is 2.10. The van der Waals surface area contributed by atoms with E-state index in [1.165, 1.54) is 44.9 Å². The molecule has 0 aliphatic carbocycles. The van der Waals surface area contributed by atoms with Crippen molar-refractivity contribution in [2.24, 2.45) is 0 Å². The summed E-state index contributed by atoms with van der Waals surface area (Å²) in [5.41, 5.74) is 0. The molecule has 0 atom stereocenters. The zero-order valence-corrected chi connectivity index (χ0v) is 13.5. The average molecular weight is 269 g/mol. The van der Waals surface area contributed by atoms with Crippen molar-refractivity contribution < 1.29 is 4.79 Å². The van der Waals surface area contributed by atoms with Crippen LogP contribution in [0.3, 0.4) is 0 Å². The van der Waals surface area contributed by atoms with E-state index >= 15 is 0 Å². The number of nitrogens with one attached hydrogen (secondary N) is 1. The minimum Gasteiger partial charge on any atom is -0.315 e. The summed E-state index contributed by atoms with van der Waals surface area (Å²) in [4.78, 5) is 11.6. The highest BCUT2D eigenvalue weighted by molar-refractivity contribution is 5.78. The van der Waals surface area contributed by atoms with E-state index < -0.39 is 0 Å². The molecular formula is C17H35NO. The molecule has 1 N–H and O–H groups in total. The molecule has 0 radical (unpaired) electrons. The summed E-state index contributed by atoms with van der Waals surface area (Å²) in [7, 11) is 0. The number of unbranched alkanes of at least 4 members (excludes halogenated alkanes) is 7. The Morgan fingerprint density at radius 3 is 1.95 bits per heavy atom. The van der Waals surface area contributed by atoms with Gasteiger partial charge < -0.3 is 5.32 Å². The van der Waals surface area contributed by atoms with Crippen molar-refractivity contribution in [3.05, 3.63) is 0 Å². The van der Waals surface area contributed by atoms with Crippen LogP contribution in [0.4, 0.5) is 0 Å². The minimum atomic E-state index is 0.455. The first-order valence-corrected chi connectivity index (χ1v) is 8.42. The summed E-state index contributed by atoms with van der Waals surface area (Å²) >= 11 is 0. The first kappa shape index (κ1) is 18.6. The Labute approximate surface area is 120 Å². The van der Waals surface area contributed by atoms with Crippen LogP contribution in [0.15, 0.2) is 0 Å². The molecule has 0 fully saturated rings. The van der Waals surface area contributed by atoms with Crippen LogP contribution in [0.2, 0.25) is 0 Å². The molecule has 2 heteroatoms. The van der Waals surface area contributed by atoms with Gasteiger partial charge in [-0.05, 0) is 19.4 Å². The van der Waals surface area contributed by atoms with Gasteiger partial charge in [-0.25, -0.2) is 0 Å². The molecule has 19 heavy (non-hydrogen) atoms. The van der Waals surface area contributed by atoms with Crippen LogP contribution in [-0.2, 0) is 4.79 Å². The third-order valence-electron chi connectivity index (χ3n) is 3.49. The van der Waals surface area contributed by atoms with E-state index in [4.69, 9.17) is 0 Å². The fraction of sp³-hybridized carbons (Fsp3) is 0.941. The van der Waals surface area contributed by atoms with Gasteiger partial charge >= 0.3 is 0 Å². The molecular weight excluding hydrogens is 234 g/mol. The van der Waals surface area contributed by atoms with Gasteiger partial charge in [0.25, 0.3) is 0 Å². The van der Waals surface area contributed by atoms with Gasteiger partial charge in [0.1, 0.15) is 5.78 Å². The van der Waals surface area contributed by atoms with Gasteiger partial charge in [0.05, 0.1) is 0 Å². The van der Waals surface area contributed by atoms with Gasteiger partial charge in [-0.2, -0.15) is 0 Å². The van der Waals surface area contributed by atoms with Crippen molar-refractivity contribution >= 4 is 5.78 Å². The molecule has 114 valence electrons. The topological polar surface area (TPSA) is 29.1 Å². The summed E-state index contributed by atoms with van der Waals surface area (Å²) in [6, 6.07) is 0.530. The second kappa shape index (κ2) is 14.0. The Balaban J connectivity index is 3.16. The fourth-order valence-corrected chi connectivity index (χ4v) is 2.26. The molecule has 0 unspecified atom stereocenters. The van der Waals surface area contributed by atoms with Crippen molar-refractivity contribution in [2.45, 2.75) is 97.4 Å². The number of carbonyl (C=O) groups is 1. The van der Waals surface area contributed by atoms with Crippen molar-refractivity contribution in [1.29, 1.82) is 0 Å². The van der Waals surface area contributed by atoms with Crippen molar-refractivity contribution in [3.63, 3.8) is 0 Å². The Hall–Kier alpha value is -0.370. The lowest BCUT2D eigenvalue weighted by molar-refractivity contribution is -0.119. The van der Waals surface area contributed by atoms with E-state index in [1.54, 1.807) is 0 Å². The van der Waals surface area contributed by atoms with Crippen LogP contribution in [0.25, 0.3) is 0 Å². The van der Waals surface area contributed by atoms with Gasteiger partial charge in [0.2, 0.25) is 0 Å². The fourth-order valence-electron chi connectivity index (χ4n) is 2.26. The molecule has 0 aromatic heterocycles. The molecule has 0 heterocycles. The lowest BCUT2D eigenvalue weighted by atomic mass is 10.0. The lowest BCUT2D eigenvalue weighted by Crippen LogP contribution is -2.24. The maximum Gasteiger partial charge on any atom is 0.132 e. The maximum atomic E-state index is 11.6. The molecule has 2 nitrogen and oxygen atoms in total. The van der Waals surface area contributed by atoms with Gasteiger partial charge in [-0.1, -0.05) is 65.7 Å². The molecule has 0 bridgehead atoms. The summed E-state index contributed by atoms with van der Waals surface area (Å²) in [6.45, 7) is 7.51. The molecule has 0 aromatic rings. The predicted molar refractivity (Wildman–Crippen MR) is 84.6 cm³/mol. The van der Waals surface area contributed by atoms with Gasteiger partial charge in [-0.3, -0.25) is 4.79 Å². The van der Waals surface area contributed by atoms with Crippen LogP contribution in [0.5, 0.6) is 0 Å². The number of ketones is 1. The largest absolute Gasteiger partial charge is 0.315 e. The highest BCUT2D eigenvalue weighted by atomic mass is 16.1. The van der Waals surface area contributed by atoms with Gasteiger partial charge in [0.15, 0.2) is 0 Å². The molecule has 0 saturated carbocycles. The third kappa shape index (κ3) is 15.6. The van der Waals surface area contributed by atoms with Crippen LogP contribution >= 0.6 is 0 Å². The zero-order chi connectivity index (χ0) is 14.3. The summed E-state index contributed by atoms with van der Waals surface area (Å²) in [5, 5.41) is 3.35. The molecule has 0 spiro atoms. The normalized spacial score (nSPS) is 11.2. The Bertz CT molecular complexity index is 201. The van der Waals surface area contributed by atoms with E-state index in [9.17, 15) is 4.79 Å². The first-order valence-electron chi connectivity index (χ1n) is 8.42. The number of Topliss-reactive ketones (excluding diaryl/α,β-unsaturated/α-hetero) is 1. The number of carbonyl (C=O) groups excluding carboxylic acids is 1. The van der Waals surface area contributed by atoms with Gasteiger partial charge in [-0.15, -0.1) is 0 Å². The Morgan fingerprint density at radius 1 is 0.842 bits per heavy atom. The summed E-state index contributed by atoms with van der Waals surface area (Å²) in [5.74, 6) is 0.455. The quantitative estimate of drug-likeness (QED) is 0.456. The SMILES string of the molecule is CCCCCCCCCCC(=O)CCCNC(C)C. The molecule has 0 aromatic carbocycles. The van der Waals surface area contributed by atoms with Crippen LogP contribution in [0.1, 0.15) is 91.4 Å². The first-order chi connectivity index (χ1) is 9.16. The third-order valence-corrected chi connectivity index (χ3v) is 3.49. The second-order valence-electron chi connectivity index (χ2n) is 5.98. The monoisotopic (exact) mass is 269 g/mol. The van der Waals surface area contributed by atoms with E-state index in [1.807, 2.05) is 0 Å². The van der Waals surface area contributed by atoms with E-state index in [-0.39, 0.29) is 0 Å². The lowest BCUT2D eigenvalue weighted by Gasteiger charge is -2.07. The van der Waals surface area contributed by atoms with Crippen LogP contribution in [-0.4, -0.2) is 18.4 Å². The number of hydrogen-bond acceptors (Lipinski definition) is 2. The Morgan fingerprint density at radius 2 is 1.37 bits per heavy atom. The van der Waals surface area contributed by atoms with Gasteiger partial charge in [0, 0.05) is 18.9 Å². The van der Waals surface area contributed by atoms with Crippen molar-refractivity contribution in [3.8, 4) is 0 Å². The van der Waals surface area contributed by atoms with E-state index in [0.29, 0.717) is 11.8 Å². The smallest absolute Gasteiger partial charge is 0.132 e. The number of rotatable bonds is 14. The van der Waals surface area contributed by atoms with Crippen LogP contribution in [0, 0.1) is 0 Å². The maximum absolute atomic E-state index is 11.6. The van der Waals surface area contributed by atoms with Crippen LogP contribution < -0.4 is 5.32 Å². The molecule has 0 amide bonds. The van der Waals surface area contributed by atoms with E-state index in [0.717, 1.165) is 32.2 Å².